The molecule has 0 radical (unpaired) electrons. The van der Waals surface area contributed by atoms with Crippen LogP contribution in [0.5, 0.6) is 0 Å². The number of ketones is 2. The number of aryl methyl sites for hydroxylation is 1. The Bertz CT molecular complexity index is 569. The van der Waals surface area contributed by atoms with E-state index in [4.69, 9.17) is 0 Å². The number of carbonyl (C=O) groups is 2. The Balaban J connectivity index is 2.38. The van der Waals surface area contributed by atoms with Gasteiger partial charge in [-0.1, -0.05) is 30.3 Å². The van der Waals surface area contributed by atoms with E-state index in [1.807, 2.05) is 37.3 Å². The van der Waals surface area contributed by atoms with Crippen LogP contribution in [0, 0.1) is 6.92 Å². The van der Waals surface area contributed by atoms with Crippen molar-refractivity contribution >= 4 is 22.9 Å². The van der Waals surface area contributed by atoms with E-state index >= 15 is 0 Å². The van der Waals surface area contributed by atoms with Gasteiger partial charge >= 0.3 is 0 Å². The van der Waals surface area contributed by atoms with Crippen LogP contribution in [-0.4, -0.2) is 11.6 Å². The molecule has 0 bridgehead atoms. The number of hydrogen-bond donors (Lipinski definition) is 0. The van der Waals surface area contributed by atoms with E-state index in [2.05, 4.69) is 0 Å². The fourth-order valence-electron chi connectivity index (χ4n) is 1.89. The van der Waals surface area contributed by atoms with Gasteiger partial charge in [-0.25, -0.2) is 0 Å². The molecule has 0 aliphatic carbocycles. The van der Waals surface area contributed by atoms with Crippen LogP contribution in [-0.2, 0) is 4.79 Å². The van der Waals surface area contributed by atoms with Crippen molar-refractivity contribution in [3.8, 4) is 0 Å². The maximum Gasteiger partial charge on any atom is 0.178 e. The molecule has 1 aromatic heterocycles. The van der Waals surface area contributed by atoms with Crippen molar-refractivity contribution in [2.75, 3.05) is 0 Å². The fraction of sp³-hybridized carbons (Fsp3) is 0.200. The second-order valence-corrected chi connectivity index (χ2v) is 5.54. The Hall–Kier alpha value is -1.74. The molecule has 1 aromatic carbocycles. The maximum atomic E-state index is 12.4. The predicted octanol–water partition coefficient (Wildman–Crippen LogP) is 3.61. The Labute approximate surface area is 110 Å². The summed E-state index contributed by atoms with van der Waals surface area (Å²) in [4.78, 5) is 26.1. The van der Waals surface area contributed by atoms with Crippen LogP contribution in [0.4, 0.5) is 0 Å². The summed E-state index contributed by atoms with van der Waals surface area (Å²) < 4.78 is 0. The number of thiophene rings is 1. The van der Waals surface area contributed by atoms with Gasteiger partial charge in [0.05, 0.1) is 0 Å². The zero-order chi connectivity index (χ0) is 13.1. The van der Waals surface area contributed by atoms with E-state index in [1.54, 1.807) is 12.1 Å². The topological polar surface area (TPSA) is 34.1 Å². The average molecular weight is 258 g/mol. The Morgan fingerprint density at radius 2 is 1.72 bits per heavy atom. The van der Waals surface area contributed by atoms with Gasteiger partial charge < -0.3 is 0 Å². The summed E-state index contributed by atoms with van der Waals surface area (Å²) >= 11 is 1.51. The lowest BCUT2D eigenvalue weighted by atomic mass is 9.93. The Morgan fingerprint density at radius 1 is 1.06 bits per heavy atom. The largest absolute Gasteiger partial charge is 0.299 e. The molecule has 1 unspecified atom stereocenters. The van der Waals surface area contributed by atoms with Crippen molar-refractivity contribution < 1.29 is 9.59 Å². The quantitative estimate of drug-likeness (QED) is 0.620. The molecule has 0 spiro atoms. The minimum Gasteiger partial charge on any atom is -0.299 e. The molecule has 0 aliphatic heterocycles. The number of rotatable bonds is 4. The molecule has 0 aliphatic rings. The maximum absolute atomic E-state index is 12.4. The molecule has 3 heteroatoms. The lowest BCUT2D eigenvalue weighted by molar-refractivity contribution is -0.117. The van der Waals surface area contributed by atoms with Gasteiger partial charge in [0, 0.05) is 15.3 Å². The number of carbonyl (C=O) groups excluding carboxylic acids is 2. The lowest BCUT2D eigenvalue weighted by Crippen LogP contribution is -2.19. The SMILES string of the molecule is CC(=O)C(C(=O)c1ccccc1)c1ccc(C)s1. The van der Waals surface area contributed by atoms with Crippen molar-refractivity contribution in [1.82, 2.24) is 0 Å². The van der Waals surface area contributed by atoms with Crippen LogP contribution in [0.25, 0.3) is 0 Å². The summed E-state index contributed by atoms with van der Waals surface area (Å²) in [5.41, 5.74) is 0.587. The van der Waals surface area contributed by atoms with Crippen molar-refractivity contribution in [3.63, 3.8) is 0 Å². The van der Waals surface area contributed by atoms with Crippen LogP contribution in [0.3, 0.4) is 0 Å². The van der Waals surface area contributed by atoms with Gasteiger partial charge in [-0.05, 0) is 26.0 Å². The standard InChI is InChI=1S/C15H14O2S/c1-10-8-9-13(18-10)14(11(2)16)15(17)12-6-4-3-5-7-12/h3-9,14H,1-2H3. The molecule has 92 valence electrons. The van der Waals surface area contributed by atoms with Crippen molar-refractivity contribution in [3.05, 3.63) is 57.8 Å². The monoisotopic (exact) mass is 258 g/mol. The van der Waals surface area contributed by atoms with Crippen LogP contribution in [0.1, 0.15) is 33.0 Å². The van der Waals surface area contributed by atoms with E-state index in [-0.39, 0.29) is 11.6 Å². The van der Waals surface area contributed by atoms with Gasteiger partial charge in [-0.3, -0.25) is 9.59 Å². The third-order valence-electron chi connectivity index (χ3n) is 2.77. The Morgan fingerprint density at radius 3 is 2.22 bits per heavy atom. The van der Waals surface area contributed by atoms with Crippen LogP contribution >= 0.6 is 11.3 Å². The van der Waals surface area contributed by atoms with Gasteiger partial charge in [0.25, 0.3) is 0 Å². The number of hydrogen-bond acceptors (Lipinski definition) is 3. The summed E-state index contributed by atoms with van der Waals surface area (Å²) in [6.45, 7) is 3.44. The summed E-state index contributed by atoms with van der Waals surface area (Å²) in [7, 11) is 0. The second-order valence-electron chi connectivity index (χ2n) is 4.22. The molecule has 1 heterocycles. The average Bonchev–Trinajstić information content (AvgIpc) is 2.76. The van der Waals surface area contributed by atoms with Crippen LogP contribution in [0.2, 0.25) is 0 Å². The molecule has 2 nitrogen and oxygen atoms in total. The third kappa shape index (κ3) is 2.57. The molecule has 0 amide bonds. The molecular weight excluding hydrogens is 244 g/mol. The molecule has 1 atom stereocenters. The van der Waals surface area contributed by atoms with Crippen molar-refractivity contribution in [2.24, 2.45) is 0 Å². The van der Waals surface area contributed by atoms with E-state index in [0.29, 0.717) is 5.56 Å². The normalized spacial score (nSPS) is 12.1. The molecule has 0 saturated heterocycles. The first kappa shape index (κ1) is 12.7. The van der Waals surface area contributed by atoms with E-state index in [0.717, 1.165) is 9.75 Å². The Kier molecular flexibility index (Phi) is 3.72. The predicted molar refractivity (Wildman–Crippen MR) is 73.3 cm³/mol. The van der Waals surface area contributed by atoms with Crippen molar-refractivity contribution in [1.29, 1.82) is 0 Å². The highest BCUT2D eigenvalue weighted by molar-refractivity contribution is 7.12. The summed E-state index contributed by atoms with van der Waals surface area (Å²) in [6, 6.07) is 12.8. The second kappa shape index (κ2) is 5.27. The number of Topliss-reactive ketones (excluding diaryl/α,β-unsaturated/α-hetero) is 2. The molecular formula is C15H14O2S. The minimum absolute atomic E-state index is 0.106. The van der Waals surface area contributed by atoms with E-state index in [9.17, 15) is 9.59 Å². The minimum atomic E-state index is -0.661. The van der Waals surface area contributed by atoms with Crippen LogP contribution < -0.4 is 0 Å². The summed E-state index contributed by atoms with van der Waals surface area (Å²) in [5, 5.41) is 0. The van der Waals surface area contributed by atoms with Gasteiger partial charge in [-0.2, -0.15) is 0 Å². The van der Waals surface area contributed by atoms with E-state index in [1.165, 1.54) is 18.3 Å². The summed E-state index contributed by atoms with van der Waals surface area (Å²) in [5.74, 6) is -0.887. The highest BCUT2D eigenvalue weighted by Crippen LogP contribution is 2.28. The molecule has 2 rings (SSSR count). The van der Waals surface area contributed by atoms with Gasteiger partial charge in [0.2, 0.25) is 0 Å². The van der Waals surface area contributed by atoms with Crippen LogP contribution in [0.15, 0.2) is 42.5 Å². The molecule has 18 heavy (non-hydrogen) atoms. The smallest absolute Gasteiger partial charge is 0.178 e. The number of benzene rings is 1. The lowest BCUT2D eigenvalue weighted by Gasteiger charge is -2.10. The first-order chi connectivity index (χ1) is 8.59. The zero-order valence-corrected chi connectivity index (χ0v) is 11.2. The first-order valence-electron chi connectivity index (χ1n) is 5.75. The molecule has 0 fully saturated rings. The summed E-state index contributed by atoms with van der Waals surface area (Å²) in [6.07, 6.45) is 0. The molecule has 2 aromatic rings. The highest BCUT2D eigenvalue weighted by Gasteiger charge is 2.27. The highest BCUT2D eigenvalue weighted by atomic mass is 32.1. The van der Waals surface area contributed by atoms with Gasteiger partial charge in [0.1, 0.15) is 11.7 Å². The molecule has 0 saturated carbocycles. The van der Waals surface area contributed by atoms with Gasteiger partial charge in [-0.15, -0.1) is 11.3 Å². The molecule has 0 N–H and O–H groups in total. The van der Waals surface area contributed by atoms with E-state index < -0.39 is 5.92 Å². The first-order valence-corrected chi connectivity index (χ1v) is 6.57. The zero-order valence-electron chi connectivity index (χ0n) is 10.3. The van der Waals surface area contributed by atoms with Gasteiger partial charge in [0.15, 0.2) is 5.78 Å². The third-order valence-corrected chi connectivity index (χ3v) is 3.84. The fourth-order valence-corrected chi connectivity index (χ4v) is 2.93. The van der Waals surface area contributed by atoms with Crippen molar-refractivity contribution in [2.45, 2.75) is 19.8 Å².